The molecule has 2 aromatic rings. The lowest BCUT2D eigenvalue weighted by atomic mass is 10.0. The van der Waals surface area contributed by atoms with Gasteiger partial charge in [0.1, 0.15) is 6.04 Å². The molecule has 0 saturated carbocycles. The number of rotatable bonds is 4. The van der Waals surface area contributed by atoms with Crippen molar-refractivity contribution in [3.05, 3.63) is 64.2 Å². The maximum Gasteiger partial charge on any atom is 0.255 e. The third-order valence-electron chi connectivity index (χ3n) is 6.46. The molecule has 2 unspecified atom stereocenters. The Morgan fingerprint density at radius 1 is 1.10 bits per heavy atom. The molecule has 3 aliphatic rings. The first kappa shape index (κ1) is 18.8. The predicted octanol–water partition coefficient (Wildman–Crippen LogP) is 1.81. The number of nitrogen functional groups attached to an aromatic ring is 1. The van der Waals surface area contributed by atoms with E-state index in [1.807, 2.05) is 30.3 Å². The third kappa shape index (κ3) is 3.15. The van der Waals surface area contributed by atoms with Gasteiger partial charge in [-0.25, -0.2) is 0 Å². The van der Waals surface area contributed by atoms with E-state index in [2.05, 4.69) is 16.7 Å². The van der Waals surface area contributed by atoms with E-state index in [9.17, 15) is 14.4 Å². The van der Waals surface area contributed by atoms with Crippen molar-refractivity contribution in [1.82, 2.24) is 15.5 Å². The van der Waals surface area contributed by atoms with Gasteiger partial charge in [-0.15, -0.1) is 0 Å². The molecular weight excluding hydrogens is 380 g/mol. The van der Waals surface area contributed by atoms with Crippen LogP contribution in [0.3, 0.4) is 0 Å². The van der Waals surface area contributed by atoms with Gasteiger partial charge < -0.3 is 16.0 Å². The molecule has 2 heterocycles. The quantitative estimate of drug-likeness (QED) is 0.533. The summed E-state index contributed by atoms with van der Waals surface area (Å²) >= 11 is 0. The molecule has 4 N–H and O–H groups in total. The normalized spacial score (nSPS) is 22.8. The summed E-state index contributed by atoms with van der Waals surface area (Å²) in [5.41, 5.74) is 12.0. The van der Waals surface area contributed by atoms with Crippen LogP contribution in [-0.4, -0.2) is 28.7 Å². The van der Waals surface area contributed by atoms with Crippen molar-refractivity contribution in [2.45, 2.75) is 50.9 Å². The number of nitrogens with one attached hydrogen (secondary N) is 2. The minimum Gasteiger partial charge on any atom is -0.399 e. The van der Waals surface area contributed by atoms with Crippen LogP contribution in [0.25, 0.3) is 0 Å². The van der Waals surface area contributed by atoms with Gasteiger partial charge in [0.05, 0.1) is 0 Å². The number of nitrogens with two attached hydrogens (primary N) is 1. The van der Waals surface area contributed by atoms with E-state index in [1.54, 1.807) is 4.90 Å². The largest absolute Gasteiger partial charge is 0.399 e. The van der Waals surface area contributed by atoms with E-state index < -0.39 is 6.04 Å². The number of amides is 3. The second kappa shape index (κ2) is 7.25. The molecule has 3 amide bonds. The van der Waals surface area contributed by atoms with Crippen LogP contribution in [0.4, 0.5) is 5.69 Å². The summed E-state index contributed by atoms with van der Waals surface area (Å²) < 4.78 is 0. The molecule has 1 saturated heterocycles. The fraction of sp³-hybridized carbons (Fsp3) is 0.348. The Hall–Kier alpha value is -3.19. The van der Waals surface area contributed by atoms with Crippen molar-refractivity contribution in [2.24, 2.45) is 0 Å². The first-order valence-corrected chi connectivity index (χ1v) is 10.4. The third-order valence-corrected chi connectivity index (χ3v) is 6.46. The van der Waals surface area contributed by atoms with Gasteiger partial charge in [0.25, 0.3) is 5.91 Å². The second-order valence-electron chi connectivity index (χ2n) is 8.27. The molecular formula is C23H24N4O3. The zero-order valence-electron chi connectivity index (χ0n) is 16.6. The molecule has 0 aromatic heterocycles. The molecule has 0 bridgehead atoms. The molecule has 7 heteroatoms. The van der Waals surface area contributed by atoms with E-state index in [4.69, 9.17) is 5.73 Å². The molecule has 0 spiro atoms. The maximum absolute atomic E-state index is 13.0. The molecule has 2 aliphatic heterocycles. The number of nitrogens with zero attached hydrogens (tertiary/aromatic N) is 1. The smallest absolute Gasteiger partial charge is 0.255 e. The van der Waals surface area contributed by atoms with Gasteiger partial charge in [0, 0.05) is 36.8 Å². The number of carbonyl (C=O) groups excluding carboxylic acids is 3. The highest BCUT2D eigenvalue weighted by molar-refractivity contribution is 6.05. The monoisotopic (exact) mass is 404 g/mol. The zero-order chi connectivity index (χ0) is 20.8. The highest BCUT2D eigenvalue weighted by Crippen LogP contribution is 2.34. The van der Waals surface area contributed by atoms with Crippen molar-refractivity contribution in [3.63, 3.8) is 0 Å². The Labute approximate surface area is 174 Å². The number of imide groups is 1. The molecule has 1 aliphatic carbocycles. The first-order valence-electron chi connectivity index (χ1n) is 10.4. The average Bonchev–Trinajstić information content (AvgIpc) is 3.27. The van der Waals surface area contributed by atoms with Gasteiger partial charge in [-0.2, -0.15) is 0 Å². The molecule has 2 atom stereocenters. The van der Waals surface area contributed by atoms with Crippen molar-refractivity contribution in [2.75, 3.05) is 5.73 Å². The first-order chi connectivity index (χ1) is 14.5. The predicted molar refractivity (Wildman–Crippen MR) is 111 cm³/mol. The number of carbonyl (C=O) groups is 3. The minimum atomic E-state index is -0.587. The minimum absolute atomic E-state index is 0.136. The molecule has 5 rings (SSSR count). The number of anilines is 1. The Morgan fingerprint density at radius 2 is 1.97 bits per heavy atom. The van der Waals surface area contributed by atoms with Crippen molar-refractivity contribution in [1.29, 1.82) is 0 Å². The Morgan fingerprint density at radius 3 is 2.80 bits per heavy atom. The van der Waals surface area contributed by atoms with Crippen LogP contribution in [-0.2, 0) is 29.1 Å². The van der Waals surface area contributed by atoms with Gasteiger partial charge in [0.2, 0.25) is 11.8 Å². The SMILES string of the molecule is Nc1ccc2c(c1)CCC2NCc1cccc2c1CN(C1CCC(=O)NC1=O)C2=O. The summed E-state index contributed by atoms with van der Waals surface area (Å²) in [4.78, 5) is 38.3. The number of piperidine rings is 1. The molecule has 7 nitrogen and oxygen atoms in total. The lowest BCUT2D eigenvalue weighted by molar-refractivity contribution is -0.136. The van der Waals surface area contributed by atoms with Crippen LogP contribution >= 0.6 is 0 Å². The zero-order valence-corrected chi connectivity index (χ0v) is 16.6. The van der Waals surface area contributed by atoms with Gasteiger partial charge in [0.15, 0.2) is 0 Å². The van der Waals surface area contributed by atoms with Gasteiger partial charge >= 0.3 is 0 Å². The van der Waals surface area contributed by atoms with Crippen LogP contribution in [0.5, 0.6) is 0 Å². The van der Waals surface area contributed by atoms with Gasteiger partial charge in [-0.3, -0.25) is 19.7 Å². The molecule has 1 fully saturated rings. The number of hydrogen-bond donors (Lipinski definition) is 3. The maximum atomic E-state index is 13.0. The number of aryl methyl sites for hydroxylation is 1. The lowest BCUT2D eigenvalue weighted by Crippen LogP contribution is -2.52. The van der Waals surface area contributed by atoms with E-state index in [1.165, 1.54) is 11.1 Å². The molecule has 2 aromatic carbocycles. The van der Waals surface area contributed by atoms with Crippen molar-refractivity contribution in [3.8, 4) is 0 Å². The fourth-order valence-corrected chi connectivity index (χ4v) is 4.90. The highest BCUT2D eigenvalue weighted by atomic mass is 16.2. The lowest BCUT2D eigenvalue weighted by Gasteiger charge is -2.29. The second-order valence-corrected chi connectivity index (χ2v) is 8.27. The van der Waals surface area contributed by atoms with Crippen molar-refractivity contribution >= 4 is 23.4 Å². The van der Waals surface area contributed by atoms with Gasteiger partial charge in [-0.1, -0.05) is 18.2 Å². The topological polar surface area (TPSA) is 105 Å². The summed E-state index contributed by atoms with van der Waals surface area (Å²) in [5.74, 6) is -0.791. The number of hydrogen-bond acceptors (Lipinski definition) is 5. The van der Waals surface area contributed by atoms with E-state index in [0.717, 1.165) is 29.7 Å². The van der Waals surface area contributed by atoms with Crippen LogP contribution in [0.2, 0.25) is 0 Å². The fourth-order valence-electron chi connectivity index (χ4n) is 4.90. The van der Waals surface area contributed by atoms with Crippen molar-refractivity contribution < 1.29 is 14.4 Å². The highest BCUT2D eigenvalue weighted by Gasteiger charge is 2.39. The summed E-state index contributed by atoms with van der Waals surface area (Å²) in [6.07, 6.45) is 2.67. The van der Waals surface area contributed by atoms with E-state index >= 15 is 0 Å². The van der Waals surface area contributed by atoms with E-state index in [-0.39, 0.29) is 30.2 Å². The van der Waals surface area contributed by atoms with Crippen LogP contribution < -0.4 is 16.4 Å². The summed E-state index contributed by atoms with van der Waals surface area (Å²) in [7, 11) is 0. The van der Waals surface area contributed by atoms with E-state index in [0.29, 0.717) is 25.1 Å². The summed E-state index contributed by atoms with van der Waals surface area (Å²) in [6.45, 7) is 1.05. The number of benzene rings is 2. The average molecular weight is 404 g/mol. The summed E-state index contributed by atoms with van der Waals surface area (Å²) in [6, 6.07) is 11.5. The van der Waals surface area contributed by atoms with Crippen LogP contribution in [0, 0.1) is 0 Å². The summed E-state index contributed by atoms with van der Waals surface area (Å²) in [5, 5.41) is 5.98. The Kier molecular flexibility index (Phi) is 4.55. The Balaban J connectivity index is 1.33. The van der Waals surface area contributed by atoms with Crippen LogP contribution in [0.15, 0.2) is 36.4 Å². The molecule has 30 heavy (non-hydrogen) atoms. The van der Waals surface area contributed by atoms with Crippen LogP contribution in [0.1, 0.15) is 57.9 Å². The number of fused-ring (bicyclic) bond motifs is 2. The Bertz CT molecular complexity index is 1060. The molecule has 0 radical (unpaired) electrons. The molecule has 154 valence electrons. The van der Waals surface area contributed by atoms with Gasteiger partial charge in [-0.05, 0) is 59.7 Å². The standard InChI is InChI=1S/C23H24N4O3/c24-15-5-6-16-13(10-15)4-7-19(16)25-11-14-2-1-3-17-18(14)12-27(23(17)30)20-8-9-21(28)26-22(20)29/h1-3,5-6,10,19-20,25H,4,7-9,11-12,24H2,(H,26,28,29).